The van der Waals surface area contributed by atoms with Gasteiger partial charge in [-0.05, 0) is 30.6 Å². The highest BCUT2D eigenvalue weighted by molar-refractivity contribution is 5.97. The van der Waals surface area contributed by atoms with Crippen LogP contribution in [0.25, 0.3) is 0 Å². The number of nitrogens with zero attached hydrogens (tertiary/aromatic N) is 2. The van der Waals surface area contributed by atoms with E-state index in [2.05, 4.69) is 23.4 Å². The Kier molecular flexibility index (Phi) is 2.00. The molecule has 0 bridgehead atoms. The van der Waals surface area contributed by atoms with E-state index >= 15 is 0 Å². The lowest BCUT2D eigenvalue weighted by Crippen LogP contribution is -2.28. The van der Waals surface area contributed by atoms with Gasteiger partial charge in [-0.1, -0.05) is 13.8 Å². The number of carbonyl (C=O) groups excluding carboxylic acids is 1. The first kappa shape index (κ1) is 10.1. The lowest BCUT2D eigenvalue weighted by atomic mass is 9.77. The summed E-state index contributed by atoms with van der Waals surface area (Å²) in [6.45, 7) is 5.29. The van der Waals surface area contributed by atoms with Crippen molar-refractivity contribution in [2.24, 2.45) is 11.3 Å². The normalized spacial score (nSPS) is 23.2. The number of imidazole rings is 1. The van der Waals surface area contributed by atoms with E-state index in [0.29, 0.717) is 6.42 Å². The van der Waals surface area contributed by atoms with Gasteiger partial charge >= 0.3 is 0 Å². The van der Waals surface area contributed by atoms with Crippen molar-refractivity contribution in [3.8, 4) is 0 Å². The molecule has 16 heavy (non-hydrogen) atoms. The zero-order valence-corrected chi connectivity index (χ0v) is 9.99. The fraction of sp³-hybridized carbons (Fsp3) is 0.692. The van der Waals surface area contributed by atoms with Crippen molar-refractivity contribution in [3.63, 3.8) is 0 Å². The van der Waals surface area contributed by atoms with Crippen molar-refractivity contribution in [1.82, 2.24) is 9.55 Å². The van der Waals surface area contributed by atoms with E-state index in [1.807, 2.05) is 6.33 Å². The van der Waals surface area contributed by atoms with Crippen molar-refractivity contribution in [2.75, 3.05) is 0 Å². The standard InChI is InChI=1S/C13H18N2O/c1-13(2)5-10-12(11(16)6-13)15(8-14-10)7-9-3-4-9/h8-9H,3-7H2,1-2H3. The number of aromatic nitrogens is 2. The molecule has 3 nitrogen and oxygen atoms in total. The van der Waals surface area contributed by atoms with E-state index in [1.165, 1.54) is 12.8 Å². The second-order valence-electron chi connectivity index (χ2n) is 6.08. The second kappa shape index (κ2) is 3.19. The molecular weight excluding hydrogens is 200 g/mol. The van der Waals surface area contributed by atoms with Gasteiger partial charge in [0.1, 0.15) is 5.69 Å². The van der Waals surface area contributed by atoms with Crippen LogP contribution in [-0.2, 0) is 13.0 Å². The molecule has 1 aromatic rings. The minimum absolute atomic E-state index is 0.0862. The van der Waals surface area contributed by atoms with Gasteiger partial charge in [-0.2, -0.15) is 0 Å². The van der Waals surface area contributed by atoms with Gasteiger partial charge in [-0.15, -0.1) is 0 Å². The van der Waals surface area contributed by atoms with Gasteiger partial charge in [0.05, 0.1) is 12.0 Å². The highest BCUT2D eigenvalue weighted by atomic mass is 16.1. The number of fused-ring (bicyclic) bond motifs is 1. The van der Waals surface area contributed by atoms with Crippen molar-refractivity contribution >= 4 is 5.78 Å². The Morgan fingerprint density at radius 2 is 2.19 bits per heavy atom. The van der Waals surface area contributed by atoms with E-state index in [4.69, 9.17) is 0 Å². The van der Waals surface area contributed by atoms with Crippen LogP contribution in [0.1, 0.15) is 49.3 Å². The Hall–Kier alpha value is -1.12. The Morgan fingerprint density at radius 1 is 1.44 bits per heavy atom. The third kappa shape index (κ3) is 1.68. The third-order valence-corrected chi connectivity index (χ3v) is 3.61. The molecule has 0 radical (unpaired) electrons. The maximum atomic E-state index is 12.1. The zero-order chi connectivity index (χ0) is 11.3. The summed E-state index contributed by atoms with van der Waals surface area (Å²) in [5.74, 6) is 1.07. The molecule has 0 atom stereocenters. The molecule has 0 N–H and O–H groups in total. The molecule has 0 aromatic carbocycles. The highest BCUT2D eigenvalue weighted by Crippen LogP contribution is 2.36. The molecule has 3 rings (SSSR count). The van der Waals surface area contributed by atoms with E-state index in [9.17, 15) is 4.79 Å². The summed E-state index contributed by atoms with van der Waals surface area (Å²) in [4.78, 5) is 16.5. The summed E-state index contributed by atoms with van der Waals surface area (Å²) in [5.41, 5.74) is 2.00. The average molecular weight is 218 g/mol. The van der Waals surface area contributed by atoms with Gasteiger partial charge < -0.3 is 4.57 Å². The summed E-state index contributed by atoms with van der Waals surface area (Å²) >= 11 is 0. The van der Waals surface area contributed by atoms with Crippen LogP contribution < -0.4 is 0 Å². The van der Waals surface area contributed by atoms with Crippen molar-refractivity contribution in [1.29, 1.82) is 0 Å². The first-order chi connectivity index (χ1) is 7.55. The number of ketones is 1. The minimum atomic E-state index is 0.0862. The molecule has 1 saturated carbocycles. The fourth-order valence-corrected chi connectivity index (χ4v) is 2.63. The lowest BCUT2D eigenvalue weighted by Gasteiger charge is -2.28. The van der Waals surface area contributed by atoms with Crippen molar-refractivity contribution in [2.45, 2.75) is 46.1 Å². The topological polar surface area (TPSA) is 34.9 Å². The quantitative estimate of drug-likeness (QED) is 0.764. The van der Waals surface area contributed by atoms with Crippen LogP contribution in [0.2, 0.25) is 0 Å². The highest BCUT2D eigenvalue weighted by Gasteiger charge is 2.35. The zero-order valence-electron chi connectivity index (χ0n) is 9.99. The van der Waals surface area contributed by atoms with E-state index in [1.54, 1.807) is 0 Å². The molecule has 3 heteroatoms. The molecule has 0 saturated heterocycles. The largest absolute Gasteiger partial charge is 0.328 e. The third-order valence-electron chi connectivity index (χ3n) is 3.61. The molecule has 1 aromatic heterocycles. The maximum absolute atomic E-state index is 12.1. The molecular formula is C13H18N2O. The average Bonchev–Trinajstić information content (AvgIpc) is 2.86. The smallest absolute Gasteiger partial charge is 0.181 e. The van der Waals surface area contributed by atoms with Gasteiger partial charge in [0.2, 0.25) is 0 Å². The van der Waals surface area contributed by atoms with Gasteiger partial charge in [0.15, 0.2) is 5.78 Å². The van der Waals surface area contributed by atoms with E-state index in [0.717, 1.165) is 30.3 Å². The summed E-state index contributed by atoms with van der Waals surface area (Å²) < 4.78 is 2.09. The number of carbonyl (C=O) groups is 1. The van der Waals surface area contributed by atoms with Crippen LogP contribution in [-0.4, -0.2) is 15.3 Å². The number of rotatable bonds is 2. The molecule has 0 amide bonds. The molecule has 2 aliphatic carbocycles. The summed E-state index contributed by atoms with van der Waals surface area (Å²) in [5, 5.41) is 0. The van der Waals surface area contributed by atoms with Crippen molar-refractivity contribution < 1.29 is 4.79 Å². The molecule has 86 valence electrons. The second-order valence-corrected chi connectivity index (χ2v) is 6.08. The lowest BCUT2D eigenvalue weighted by molar-refractivity contribution is 0.0900. The Balaban J connectivity index is 1.94. The van der Waals surface area contributed by atoms with Crippen LogP contribution in [0, 0.1) is 11.3 Å². The molecule has 0 spiro atoms. The fourth-order valence-electron chi connectivity index (χ4n) is 2.63. The van der Waals surface area contributed by atoms with Crippen LogP contribution in [0.3, 0.4) is 0 Å². The molecule has 0 unspecified atom stereocenters. The monoisotopic (exact) mass is 218 g/mol. The van der Waals surface area contributed by atoms with Gasteiger partial charge in [0, 0.05) is 13.0 Å². The number of hydrogen-bond acceptors (Lipinski definition) is 2. The summed E-state index contributed by atoms with van der Waals surface area (Å²) in [7, 11) is 0. The Labute approximate surface area is 95.9 Å². The summed E-state index contributed by atoms with van der Waals surface area (Å²) in [6.07, 6.45) is 6.09. The Bertz CT molecular complexity index is 427. The predicted octanol–water partition coefficient (Wildman–Crippen LogP) is 2.45. The SMILES string of the molecule is CC1(C)CC(=O)c2c(ncn2CC2CC2)C1. The van der Waals surface area contributed by atoms with Crippen LogP contribution in [0.5, 0.6) is 0 Å². The van der Waals surface area contributed by atoms with E-state index in [-0.39, 0.29) is 11.2 Å². The van der Waals surface area contributed by atoms with Gasteiger partial charge in [-0.3, -0.25) is 4.79 Å². The molecule has 2 aliphatic rings. The Morgan fingerprint density at radius 3 is 2.88 bits per heavy atom. The van der Waals surface area contributed by atoms with Crippen molar-refractivity contribution in [3.05, 3.63) is 17.7 Å². The number of hydrogen-bond donors (Lipinski definition) is 0. The van der Waals surface area contributed by atoms with E-state index < -0.39 is 0 Å². The van der Waals surface area contributed by atoms with Gasteiger partial charge in [-0.25, -0.2) is 4.98 Å². The summed E-state index contributed by atoms with van der Waals surface area (Å²) in [6, 6.07) is 0. The van der Waals surface area contributed by atoms with Crippen LogP contribution in [0.15, 0.2) is 6.33 Å². The predicted molar refractivity (Wildman–Crippen MR) is 61.4 cm³/mol. The molecule has 0 aliphatic heterocycles. The first-order valence-corrected chi connectivity index (χ1v) is 6.12. The molecule has 1 fully saturated rings. The van der Waals surface area contributed by atoms with Crippen LogP contribution in [0.4, 0.5) is 0 Å². The first-order valence-electron chi connectivity index (χ1n) is 6.12. The number of Topliss-reactive ketones (excluding diaryl/α,β-unsaturated/α-hetero) is 1. The minimum Gasteiger partial charge on any atom is -0.328 e. The van der Waals surface area contributed by atoms with Gasteiger partial charge in [0.25, 0.3) is 0 Å². The van der Waals surface area contributed by atoms with Crippen LogP contribution >= 0.6 is 0 Å². The maximum Gasteiger partial charge on any atom is 0.181 e. The molecule has 1 heterocycles.